The standard InChI is InChI=1S/C13H17N5O3S/c1-22(19,20)11-4-2-10(3-5-11)8-18-6-7-21-12(9-18)13-14-16-17-15-13/h2-5,12H,6-9H2,1H3,(H,14,15,16,17). The number of morpholine rings is 1. The number of aromatic amines is 1. The molecule has 22 heavy (non-hydrogen) atoms. The first-order chi connectivity index (χ1) is 10.5. The van der Waals surface area contributed by atoms with Crippen molar-refractivity contribution in [1.82, 2.24) is 25.5 Å². The molecule has 1 unspecified atom stereocenters. The molecule has 1 fully saturated rings. The Balaban J connectivity index is 1.65. The molecule has 2 aromatic rings. The molecule has 1 N–H and O–H groups in total. The second-order valence-electron chi connectivity index (χ2n) is 5.28. The molecule has 0 spiro atoms. The minimum absolute atomic E-state index is 0.192. The van der Waals surface area contributed by atoms with Gasteiger partial charge in [0.2, 0.25) is 5.82 Å². The average molecular weight is 323 g/mol. The van der Waals surface area contributed by atoms with Crippen molar-refractivity contribution >= 4 is 9.84 Å². The van der Waals surface area contributed by atoms with Crippen molar-refractivity contribution in [1.29, 1.82) is 0 Å². The van der Waals surface area contributed by atoms with Crippen LogP contribution in [-0.2, 0) is 21.1 Å². The van der Waals surface area contributed by atoms with Gasteiger partial charge >= 0.3 is 0 Å². The van der Waals surface area contributed by atoms with Crippen LogP contribution in [0.15, 0.2) is 29.2 Å². The predicted octanol–water partition coefficient (Wildman–Crippen LogP) is 0.177. The fraction of sp³-hybridized carbons (Fsp3) is 0.462. The molecule has 0 amide bonds. The van der Waals surface area contributed by atoms with Crippen LogP contribution in [0.3, 0.4) is 0 Å². The van der Waals surface area contributed by atoms with Crippen LogP contribution in [0.5, 0.6) is 0 Å². The summed E-state index contributed by atoms with van der Waals surface area (Å²) in [4.78, 5) is 2.56. The number of benzene rings is 1. The number of nitrogens with zero attached hydrogens (tertiary/aromatic N) is 4. The number of sulfone groups is 1. The first-order valence-corrected chi connectivity index (χ1v) is 8.78. The third-order valence-electron chi connectivity index (χ3n) is 3.56. The lowest BCUT2D eigenvalue weighted by Gasteiger charge is -2.31. The number of hydrogen-bond donors (Lipinski definition) is 1. The van der Waals surface area contributed by atoms with Gasteiger partial charge in [0.05, 0.1) is 11.5 Å². The van der Waals surface area contributed by atoms with E-state index in [2.05, 4.69) is 25.5 Å². The Morgan fingerprint density at radius 3 is 2.77 bits per heavy atom. The number of nitrogens with one attached hydrogen (secondary N) is 1. The lowest BCUT2D eigenvalue weighted by atomic mass is 10.2. The highest BCUT2D eigenvalue weighted by molar-refractivity contribution is 7.90. The van der Waals surface area contributed by atoms with Gasteiger partial charge in [-0.1, -0.05) is 17.3 Å². The zero-order chi connectivity index (χ0) is 15.6. The summed E-state index contributed by atoms with van der Waals surface area (Å²) in [6, 6.07) is 6.97. The summed E-state index contributed by atoms with van der Waals surface area (Å²) in [5.41, 5.74) is 1.06. The Morgan fingerprint density at radius 2 is 2.14 bits per heavy atom. The van der Waals surface area contributed by atoms with Gasteiger partial charge in [-0.2, -0.15) is 5.21 Å². The lowest BCUT2D eigenvalue weighted by Crippen LogP contribution is -2.38. The van der Waals surface area contributed by atoms with Crippen molar-refractivity contribution in [2.45, 2.75) is 17.5 Å². The topological polar surface area (TPSA) is 101 Å². The van der Waals surface area contributed by atoms with Gasteiger partial charge < -0.3 is 4.74 Å². The summed E-state index contributed by atoms with van der Waals surface area (Å²) in [6.45, 7) is 2.80. The molecule has 0 aliphatic carbocycles. The van der Waals surface area contributed by atoms with E-state index in [1.165, 1.54) is 6.26 Å². The lowest BCUT2D eigenvalue weighted by molar-refractivity contribution is -0.0372. The van der Waals surface area contributed by atoms with Gasteiger partial charge in [0.25, 0.3) is 0 Å². The van der Waals surface area contributed by atoms with Gasteiger partial charge in [0.15, 0.2) is 9.84 Å². The van der Waals surface area contributed by atoms with Crippen molar-refractivity contribution in [3.8, 4) is 0 Å². The minimum Gasteiger partial charge on any atom is -0.367 e. The number of hydrogen-bond acceptors (Lipinski definition) is 7. The second kappa shape index (κ2) is 6.11. The zero-order valence-electron chi connectivity index (χ0n) is 12.1. The van der Waals surface area contributed by atoms with E-state index in [0.717, 1.165) is 18.7 Å². The Morgan fingerprint density at radius 1 is 1.36 bits per heavy atom. The summed E-state index contributed by atoms with van der Waals surface area (Å²) in [5, 5.41) is 13.9. The van der Waals surface area contributed by atoms with Crippen LogP contribution in [-0.4, -0.2) is 59.9 Å². The molecule has 1 aliphatic rings. The van der Waals surface area contributed by atoms with Crippen molar-refractivity contribution < 1.29 is 13.2 Å². The fourth-order valence-electron chi connectivity index (χ4n) is 2.41. The molecule has 2 heterocycles. The maximum absolute atomic E-state index is 11.5. The molecule has 1 atom stereocenters. The highest BCUT2D eigenvalue weighted by atomic mass is 32.2. The summed E-state index contributed by atoms with van der Waals surface area (Å²) in [6.07, 6.45) is 1.02. The highest BCUT2D eigenvalue weighted by Gasteiger charge is 2.25. The van der Waals surface area contributed by atoms with Gasteiger partial charge in [-0.15, -0.1) is 10.2 Å². The Bertz CT molecular complexity index is 715. The summed E-state index contributed by atoms with van der Waals surface area (Å²) >= 11 is 0. The van der Waals surface area contributed by atoms with E-state index in [-0.39, 0.29) is 6.10 Å². The third-order valence-corrected chi connectivity index (χ3v) is 4.69. The van der Waals surface area contributed by atoms with E-state index >= 15 is 0 Å². The summed E-state index contributed by atoms with van der Waals surface area (Å²) in [5.74, 6) is 0.553. The van der Waals surface area contributed by atoms with E-state index in [9.17, 15) is 8.42 Å². The van der Waals surface area contributed by atoms with Crippen molar-refractivity contribution in [2.24, 2.45) is 0 Å². The van der Waals surface area contributed by atoms with Crippen LogP contribution in [0.1, 0.15) is 17.5 Å². The van der Waals surface area contributed by atoms with Crippen LogP contribution in [0, 0.1) is 0 Å². The van der Waals surface area contributed by atoms with Crippen molar-refractivity contribution in [3.63, 3.8) is 0 Å². The van der Waals surface area contributed by atoms with E-state index in [1.54, 1.807) is 12.1 Å². The van der Waals surface area contributed by atoms with E-state index in [1.807, 2.05) is 12.1 Å². The molecule has 9 heteroatoms. The maximum atomic E-state index is 11.5. The maximum Gasteiger partial charge on any atom is 0.204 e. The molecular weight excluding hydrogens is 306 g/mol. The molecular formula is C13H17N5O3S. The molecule has 0 bridgehead atoms. The van der Waals surface area contributed by atoms with Crippen LogP contribution >= 0.6 is 0 Å². The number of H-pyrrole nitrogens is 1. The molecule has 3 rings (SSSR count). The first kappa shape index (κ1) is 15.1. The molecule has 118 valence electrons. The van der Waals surface area contributed by atoms with Crippen LogP contribution in [0.25, 0.3) is 0 Å². The molecule has 0 saturated carbocycles. The number of rotatable bonds is 4. The van der Waals surface area contributed by atoms with Crippen LogP contribution < -0.4 is 0 Å². The Hall–Kier alpha value is -1.84. The van der Waals surface area contributed by atoms with E-state index in [4.69, 9.17) is 4.74 Å². The van der Waals surface area contributed by atoms with E-state index < -0.39 is 9.84 Å². The second-order valence-corrected chi connectivity index (χ2v) is 7.30. The smallest absolute Gasteiger partial charge is 0.204 e. The van der Waals surface area contributed by atoms with Gasteiger partial charge in [-0.3, -0.25) is 4.90 Å². The van der Waals surface area contributed by atoms with Gasteiger partial charge in [0.1, 0.15) is 6.10 Å². The molecule has 1 aromatic heterocycles. The Labute approximate surface area is 128 Å². The molecule has 0 radical (unpaired) electrons. The van der Waals surface area contributed by atoms with Crippen LogP contribution in [0.2, 0.25) is 0 Å². The quantitative estimate of drug-likeness (QED) is 0.856. The molecule has 1 saturated heterocycles. The highest BCUT2D eigenvalue weighted by Crippen LogP contribution is 2.20. The summed E-state index contributed by atoms with van der Waals surface area (Å²) in [7, 11) is -3.15. The fourth-order valence-corrected chi connectivity index (χ4v) is 3.04. The van der Waals surface area contributed by atoms with Crippen LogP contribution in [0.4, 0.5) is 0 Å². The largest absolute Gasteiger partial charge is 0.367 e. The monoisotopic (exact) mass is 323 g/mol. The van der Waals surface area contributed by atoms with Crippen molar-refractivity contribution in [2.75, 3.05) is 26.0 Å². The van der Waals surface area contributed by atoms with Gasteiger partial charge in [-0.25, -0.2) is 8.42 Å². The average Bonchev–Trinajstić information content (AvgIpc) is 3.01. The van der Waals surface area contributed by atoms with Crippen molar-refractivity contribution in [3.05, 3.63) is 35.7 Å². The normalized spacial score (nSPS) is 20.1. The minimum atomic E-state index is -3.15. The molecule has 1 aromatic carbocycles. The predicted molar refractivity (Wildman–Crippen MR) is 77.7 cm³/mol. The molecule has 8 nitrogen and oxygen atoms in total. The number of tetrazole rings is 1. The van der Waals surface area contributed by atoms with Gasteiger partial charge in [-0.05, 0) is 17.7 Å². The number of ether oxygens (including phenoxy) is 1. The first-order valence-electron chi connectivity index (χ1n) is 6.89. The zero-order valence-corrected chi connectivity index (χ0v) is 13.0. The molecule has 1 aliphatic heterocycles. The Kier molecular flexibility index (Phi) is 4.19. The van der Waals surface area contributed by atoms with E-state index in [0.29, 0.717) is 23.9 Å². The summed E-state index contributed by atoms with van der Waals surface area (Å²) < 4.78 is 28.6. The van der Waals surface area contributed by atoms with Gasteiger partial charge in [0, 0.05) is 25.9 Å². The SMILES string of the molecule is CS(=O)(=O)c1ccc(CN2CCOC(c3nn[nH]n3)C2)cc1. The third kappa shape index (κ3) is 3.49. The number of aromatic nitrogens is 4.